The van der Waals surface area contributed by atoms with Crippen molar-refractivity contribution in [1.82, 2.24) is 4.98 Å². The average Bonchev–Trinajstić information content (AvgIpc) is 2.87. The molecule has 2 aromatic carbocycles. The van der Waals surface area contributed by atoms with Crippen LogP contribution in [-0.2, 0) is 10.0 Å². The van der Waals surface area contributed by atoms with E-state index in [4.69, 9.17) is 4.42 Å². The molecule has 0 unspecified atom stereocenters. The van der Waals surface area contributed by atoms with Crippen LogP contribution in [0.5, 0.6) is 0 Å². The molecular formula is C13H8FN3O6S. The number of hydrogen-bond acceptors (Lipinski definition) is 6. The molecule has 0 aliphatic rings. The number of sulfonamides is 1. The van der Waals surface area contributed by atoms with Gasteiger partial charge in [0, 0.05) is 12.1 Å². The zero-order valence-corrected chi connectivity index (χ0v) is 12.5. The number of benzene rings is 2. The first-order valence-corrected chi connectivity index (χ1v) is 7.84. The van der Waals surface area contributed by atoms with Crippen molar-refractivity contribution in [2.24, 2.45) is 0 Å². The number of H-pyrrole nitrogens is 1. The summed E-state index contributed by atoms with van der Waals surface area (Å²) in [6, 6.07) is 6.27. The Labute approximate surface area is 132 Å². The first-order chi connectivity index (χ1) is 11.3. The molecule has 11 heteroatoms. The molecule has 2 N–H and O–H groups in total. The summed E-state index contributed by atoms with van der Waals surface area (Å²) in [5.41, 5.74) is -0.690. The number of nitrogens with zero attached hydrogens (tertiary/aromatic N) is 1. The maximum Gasteiger partial charge on any atom is 0.417 e. The molecule has 3 aromatic rings. The number of halogens is 1. The molecule has 124 valence electrons. The van der Waals surface area contributed by atoms with E-state index in [1.165, 1.54) is 12.1 Å². The number of aromatic amines is 1. The highest BCUT2D eigenvalue weighted by molar-refractivity contribution is 7.92. The molecule has 1 heterocycles. The largest absolute Gasteiger partial charge is 0.417 e. The zero-order chi connectivity index (χ0) is 17.5. The van der Waals surface area contributed by atoms with Gasteiger partial charge in [-0.1, -0.05) is 0 Å². The minimum Gasteiger partial charge on any atom is -0.408 e. The van der Waals surface area contributed by atoms with Crippen LogP contribution in [0.1, 0.15) is 0 Å². The number of fused-ring (bicyclic) bond motifs is 1. The summed E-state index contributed by atoms with van der Waals surface area (Å²) in [4.78, 5) is 23.0. The van der Waals surface area contributed by atoms with E-state index in [1.54, 1.807) is 0 Å². The summed E-state index contributed by atoms with van der Waals surface area (Å²) in [6.07, 6.45) is 0. The van der Waals surface area contributed by atoms with Crippen LogP contribution in [0, 0.1) is 15.9 Å². The second-order valence-electron chi connectivity index (χ2n) is 4.70. The van der Waals surface area contributed by atoms with E-state index in [9.17, 15) is 27.7 Å². The van der Waals surface area contributed by atoms with E-state index in [0.29, 0.717) is 5.52 Å². The van der Waals surface area contributed by atoms with E-state index in [1.807, 2.05) is 0 Å². The van der Waals surface area contributed by atoms with Crippen LogP contribution in [0.25, 0.3) is 11.1 Å². The van der Waals surface area contributed by atoms with Crippen LogP contribution in [0.3, 0.4) is 0 Å². The average molecular weight is 353 g/mol. The SMILES string of the molecule is O=c1[nH]c2ccc(S(=O)(=O)Nc3ccc(F)c([N+](=O)[O-])c3)cc2o1. The fraction of sp³-hybridized carbons (Fsp3) is 0. The maximum atomic E-state index is 13.3. The molecule has 0 bridgehead atoms. The van der Waals surface area contributed by atoms with Crippen LogP contribution in [0.2, 0.25) is 0 Å². The summed E-state index contributed by atoms with van der Waals surface area (Å²) in [5, 5.41) is 10.7. The highest BCUT2D eigenvalue weighted by atomic mass is 32.2. The van der Waals surface area contributed by atoms with Crippen LogP contribution >= 0.6 is 0 Å². The molecule has 0 radical (unpaired) electrons. The van der Waals surface area contributed by atoms with Crippen LogP contribution < -0.4 is 10.5 Å². The highest BCUT2D eigenvalue weighted by Crippen LogP contribution is 2.24. The fourth-order valence-electron chi connectivity index (χ4n) is 2.02. The van der Waals surface area contributed by atoms with Gasteiger partial charge in [0.15, 0.2) is 5.58 Å². The van der Waals surface area contributed by atoms with Gasteiger partial charge in [0.05, 0.1) is 21.0 Å². The first-order valence-electron chi connectivity index (χ1n) is 6.36. The lowest BCUT2D eigenvalue weighted by Gasteiger charge is -2.08. The number of anilines is 1. The van der Waals surface area contributed by atoms with Gasteiger partial charge < -0.3 is 4.42 Å². The van der Waals surface area contributed by atoms with Crippen molar-refractivity contribution in [2.75, 3.05) is 4.72 Å². The second kappa shape index (κ2) is 5.45. The molecule has 0 saturated heterocycles. The molecule has 0 saturated carbocycles. The Bertz CT molecular complexity index is 1120. The summed E-state index contributed by atoms with van der Waals surface area (Å²) in [7, 11) is -4.12. The van der Waals surface area contributed by atoms with E-state index in [2.05, 4.69) is 9.71 Å². The van der Waals surface area contributed by atoms with Crippen molar-refractivity contribution in [3.63, 3.8) is 0 Å². The van der Waals surface area contributed by atoms with Crippen molar-refractivity contribution in [2.45, 2.75) is 4.90 Å². The summed E-state index contributed by atoms with van der Waals surface area (Å²) in [5.74, 6) is -1.82. The Morgan fingerprint density at radius 1 is 1.21 bits per heavy atom. The third kappa shape index (κ3) is 2.84. The van der Waals surface area contributed by atoms with E-state index in [-0.39, 0.29) is 16.2 Å². The second-order valence-corrected chi connectivity index (χ2v) is 6.38. The Kier molecular flexibility index (Phi) is 3.56. The fourth-order valence-corrected chi connectivity index (χ4v) is 3.09. The van der Waals surface area contributed by atoms with E-state index >= 15 is 0 Å². The van der Waals surface area contributed by atoms with Crippen molar-refractivity contribution in [3.05, 3.63) is 62.9 Å². The van der Waals surface area contributed by atoms with Crippen molar-refractivity contribution in [1.29, 1.82) is 0 Å². The smallest absolute Gasteiger partial charge is 0.408 e. The molecule has 3 rings (SSSR count). The number of aromatic nitrogens is 1. The number of oxazole rings is 1. The monoisotopic (exact) mass is 353 g/mol. The van der Waals surface area contributed by atoms with Gasteiger partial charge in [-0.25, -0.2) is 13.2 Å². The Hall–Kier alpha value is -3.21. The molecule has 0 amide bonds. The number of nitro groups is 1. The van der Waals surface area contributed by atoms with Gasteiger partial charge in [-0.05, 0) is 24.3 Å². The summed E-state index contributed by atoms with van der Waals surface area (Å²) < 4.78 is 44.8. The van der Waals surface area contributed by atoms with Crippen molar-refractivity contribution >= 4 is 32.5 Å². The third-order valence-corrected chi connectivity index (χ3v) is 4.48. The molecule has 0 atom stereocenters. The number of nitrogens with one attached hydrogen (secondary N) is 2. The standard InChI is InChI=1S/C13H8FN3O6S/c14-9-3-1-7(5-11(9)17(19)20)16-24(21,22)8-2-4-10-12(6-8)23-13(18)15-10/h1-6,16H,(H,15,18). The molecular weight excluding hydrogens is 345 g/mol. The van der Waals surface area contributed by atoms with Gasteiger partial charge in [0.25, 0.3) is 10.0 Å². The summed E-state index contributed by atoms with van der Waals surface area (Å²) >= 11 is 0. The molecule has 24 heavy (non-hydrogen) atoms. The lowest BCUT2D eigenvalue weighted by Crippen LogP contribution is -2.13. The lowest BCUT2D eigenvalue weighted by molar-refractivity contribution is -0.387. The van der Waals surface area contributed by atoms with Gasteiger partial charge in [-0.15, -0.1) is 0 Å². The maximum absolute atomic E-state index is 13.3. The van der Waals surface area contributed by atoms with Crippen LogP contribution in [0.4, 0.5) is 15.8 Å². The van der Waals surface area contributed by atoms with Gasteiger partial charge in [0.2, 0.25) is 5.82 Å². The first kappa shape index (κ1) is 15.7. The minimum absolute atomic E-state index is 0.0351. The van der Waals surface area contributed by atoms with Crippen LogP contribution in [0.15, 0.2) is 50.5 Å². The summed E-state index contributed by atoms with van der Waals surface area (Å²) in [6.45, 7) is 0. The Morgan fingerprint density at radius 3 is 2.67 bits per heavy atom. The third-order valence-electron chi connectivity index (χ3n) is 3.10. The normalized spacial score (nSPS) is 11.5. The highest BCUT2D eigenvalue weighted by Gasteiger charge is 2.19. The predicted octanol–water partition coefficient (Wildman–Crippen LogP) is 1.97. The minimum atomic E-state index is -4.12. The zero-order valence-electron chi connectivity index (χ0n) is 11.6. The van der Waals surface area contributed by atoms with Gasteiger partial charge >= 0.3 is 11.4 Å². The number of rotatable bonds is 4. The van der Waals surface area contributed by atoms with Gasteiger partial charge in [-0.3, -0.25) is 19.8 Å². The number of hydrogen-bond donors (Lipinski definition) is 2. The quantitative estimate of drug-likeness (QED) is 0.544. The van der Waals surface area contributed by atoms with Crippen molar-refractivity contribution < 1.29 is 22.1 Å². The van der Waals surface area contributed by atoms with Crippen molar-refractivity contribution in [3.8, 4) is 0 Å². The van der Waals surface area contributed by atoms with E-state index in [0.717, 1.165) is 24.3 Å². The molecule has 0 fully saturated rings. The topological polar surface area (TPSA) is 135 Å². The van der Waals surface area contributed by atoms with Gasteiger partial charge in [0.1, 0.15) is 0 Å². The Balaban J connectivity index is 1.99. The molecule has 0 aliphatic heterocycles. The van der Waals surface area contributed by atoms with Gasteiger partial charge in [-0.2, -0.15) is 4.39 Å². The molecule has 1 aromatic heterocycles. The molecule has 0 spiro atoms. The predicted molar refractivity (Wildman–Crippen MR) is 80.7 cm³/mol. The van der Waals surface area contributed by atoms with Crippen LogP contribution in [-0.4, -0.2) is 18.3 Å². The number of nitro benzene ring substituents is 1. The molecule has 0 aliphatic carbocycles. The Morgan fingerprint density at radius 2 is 1.96 bits per heavy atom. The lowest BCUT2D eigenvalue weighted by atomic mass is 10.3. The molecule has 9 nitrogen and oxygen atoms in total. The van der Waals surface area contributed by atoms with E-state index < -0.39 is 32.2 Å².